The van der Waals surface area contributed by atoms with Gasteiger partial charge in [-0.05, 0) is 28.1 Å². The Morgan fingerprint density at radius 3 is 2.83 bits per heavy atom. The average Bonchev–Trinajstić information content (AvgIpc) is 2.34. The van der Waals surface area contributed by atoms with E-state index in [0.717, 1.165) is 5.69 Å². The van der Waals surface area contributed by atoms with E-state index in [1.165, 1.54) is 7.11 Å². The number of methoxy groups -OCH3 is 1. The van der Waals surface area contributed by atoms with Crippen LogP contribution in [-0.2, 0) is 0 Å². The first-order valence-corrected chi connectivity index (χ1v) is 6.04. The second kappa shape index (κ2) is 5.36. The lowest BCUT2D eigenvalue weighted by atomic mass is 10.3. The Kier molecular flexibility index (Phi) is 3.83. The van der Waals surface area contributed by atoms with Crippen LogP contribution in [0, 0.1) is 0 Å². The van der Waals surface area contributed by atoms with Gasteiger partial charge in [0.25, 0.3) is 0 Å². The summed E-state index contributed by atoms with van der Waals surface area (Å²) in [5.74, 6) is 0.352. The number of nitrogens with two attached hydrogens (primary N) is 1. The third-order valence-electron chi connectivity index (χ3n) is 2.01. The van der Waals surface area contributed by atoms with Crippen LogP contribution >= 0.6 is 27.5 Å². The minimum atomic E-state index is 0.0718. The van der Waals surface area contributed by atoms with Crippen molar-refractivity contribution in [1.82, 2.24) is 15.0 Å². The Morgan fingerprint density at radius 2 is 2.11 bits per heavy atom. The van der Waals surface area contributed by atoms with Gasteiger partial charge in [0, 0.05) is 0 Å². The summed E-state index contributed by atoms with van der Waals surface area (Å²) < 4.78 is 5.62. The fourth-order valence-electron chi connectivity index (χ4n) is 1.24. The summed E-state index contributed by atoms with van der Waals surface area (Å²) in [5, 5.41) is 3.55. The predicted molar refractivity (Wildman–Crippen MR) is 73.2 cm³/mol. The number of nitrogens with one attached hydrogen (secondary N) is 1. The molecule has 0 bridgehead atoms. The van der Waals surface area contributed by atoms with Gasteiger partial charge in [0.15, 0.2) is 0 Å². The van der Waals surface area contributed by atoms with Gasteiger partial charge < -0.3 is 15.8 Å². The van der Waals surface area contributed by atoms with Gasteiger partial charge in [-0.2, -0.15) is 15.0 Å². The number of nitrogen functional groups attached to an aromatic ring is 1. The molecule has 18 heavy (non-hydrogen) atoms. The quantitative estimate of drug-likeness (QED) is 0.899. The summed E-state index contributed by atoms with van der Waals surface area (Å²) in [6.45, 7) is 0. The molecular weight excluding hydrogens is 322 g/mol. The first kappa shape index (κ1) is 12.8. The summed E-state index contributed by atoms with van der Waals surface area (Å²) >= 11 is 9.34. The first-order valence-electron chi connectivity index (χ1n) is 4.86. The van der Waals surface area contributed by atoms with Gasteiger partial charge in [-0.15, -0.1) is 0 Å². The third kappa shape index (κ3) is 2.80. The largest absolute Gasteiger partial charge is 0.467 e. The molecule has 94 valence electrons. The zero-order valence-corrected chi connectivity index (χ0v) is 11.7. The molecule has 0 spiro atoms. The maximum absolute atomic E-state index is 5.98. The molecule has 0 fully saturated rings. The van der Waals surface area contributed by atoms with Crippen molar-refractivity contribution in [3.63, 3.8) is 0 Å². The Hall–Kier alpha value is -1.60. The highest BCUT2D eigenvalue weighted by Gasteiger charge is 2.08. The number of aromatic nitrogens is 3. The van der Waals surface area contributed by atoms with Crippen LogP contribution < -0.4 is 15.8 Å². The van der Waals surface area contributed by atoms with Gasteiger partial charge >= 0.3 is 6.01 Å². The van der Waals surface area contributed by atoms with Crippen LogP contribution in [0.5, 0.6) is 6.01 Å². The number of hydrogen-bond donors (Lipinski definition) is 2. The van der Waals surface area contributed by atoms with Gasteiger partial charge in [-0.1, -0.05) is 17.7 Å². The van der Waals surface area contributed by atoms with E-state index in [1.54, 1.807) is 12.1 Å². The van der Waals surface area contributed by atoms with E-state index < -0.39 is 0 Å². The molecule has 3 N–H and O–H groups in total. The molecule has 8 heteroatoms. The number of nitrogens with zero attached hydrogens (tertiary/aromatic N) is 3. The average molecular weight is 331 g/mol. The van der Waals surface area contributed by atoms with Gasteiger partial charge in [-0.25, -0.2) is 0 Å². The van der Waals surface area contributed by atoms with Gasteiger partial charge in [-0.3, -0.25) is 0 Å². The fraction of sp³-hybridized carbons (Fsp3) is 0.100. The third-order valence-corrected chi connectivity index (χ3v) is 3.41. The SMILES string of the molecule is COc1nc(N)nc(Nc2cccc(Cl)c2Br)n1. The van der Waals surface area contributed by atoms with Gasteiger partial charge in [0.1, 0.15) is 0 Å². The van der Waals surface area contributed by atoms with Crippen molar-refractivity contribution in [2.45, 2.75) is 0 Å². The molecule has 2 aromatic rings. The molecule has 6 nitrogen and oxygen atoms in total. The molecule has 2 rings (SSSR count). The molecule has 1 aromatic heterocycles. The Bertz CT molecular complexity index is 580. The van der Waals surface area contributed by atoms with E-state index in [1.807, 2.05) is 6.07 Å². The molecule has 0 aliphatic heterocycles. The smallest absolute Gasteiger partial charge is 0.322 e. The molecular formula is C10H9BrClN5O. The van der Waals surface area contributed by atoms with Crippen molar-refractivity contribution < 1.29 is 4.74 Å². The molecule has 0 amide bonds. The summed E-state index contributed by atoms with van der Waals surface area (Å²) in [5.41, 5.74) is 6.25. The van der Waals surface area contributed by atoms with Crippen LogP contribution in [0.3, 0.4) is 0 Å². The van der Waals surface area contributed by atoms with E-state index in [0.29, 0.717) is 9.50 Å². The number of benzene rings is 1. The number of hydrogen-bond acceptors (Lipinski definition) is 6. The van der Waals surface area contributed by atoms with E-state index in [9.17, 15) is 0 Å². The minimum absolute atomic E-state index is 0.0718. The van der Waals surface area contributed by atoms with Crippen molar-refractivity contribution in [1.29, 1.82) is 0 Å². The highest BCUT2D eigenvalue weighted by Crippen LogP contribution is 2.31. The molecule has 0 radical (unpaired) electrons. The van der Waals surface area contributed by atoms with Crippen LogP contribution in [0.25, 0.3) is 0 Å². The van der Waals surface area contributed by atoms with E-state index in [-0.39, 0.29) is 17.9 Å². The lowest BCUT2D eigenvalue weighted by Gasteiger charge is -2.08. The predicted octanol–water partition coefficient (Wildman–Crippen LogP) is 2.62. The molecule has 0 saturated carbocycles. The number of rotatable bonds is 3. The van der Waals surface area contributed by atoms with Crippen molar-refractivity contribution in [2.75, 3.05) is 18.2 Å². The van der Waals surface area contributed by atoms with Crippen molar-refractivity contribution >= 4 is 45.1 Å². The molecule has 0 aliphatic carbocycles. The maximum atomic E-state index is 5.98. The van der Waals surface area contributed by atoms with Crippen LogP contribution in [0.2, 0.25) is 5.02 Å². The Balaban J connectivity index is 2.34. The monoisotopic (exact) mass is 329 g/mol. The summed E-state index contributed by atoms with van der Waals surface area (Å²) in [4.78, 5) is 11.8. The number of anilines is 3. The lowest BCUT2D eigenvalue weighted by molar-refractivity contribution is 0.380. The Morgan fingerprint density at radius 1 is 1.33 bits per heavy atom. The van der Waals surface area contributed by atoms with Crippen molar-refractivity contribution in [3.8, 4) is 6.01 Å². The highest BCUT2D eigenvalue weighted by atomic mass is 79.9. The van der Waals surface area contributed by atoms with Gasteiger partial charge in [0.05, 0.1) is 22.3 Å². The van der Waals surface area contributed by atoms with Gasteiger partial charge in [0.2, 0.25) is 11.9 Å². The molecule has 0 unspecified atom stereocenters. The standard InChI is InChI=1S/C10H9BrClN5O/c1-18-10-16-8(13)15-9(17-10)14-6-4-2-3-5(12)7(6)11/h2-4H,1H3,(H3,13,14,15,16,17). The summed E-state index contributed by atoms with van der Waals surface area (Å²) in [6.07, 6.45) is 0. The second-order valence-electron chi connectivity index (χ2n) is 3.23. The molecule has 0 saturated heterocycles. The summed E-state index contributed by atoms with van der Waals surface area (Å²) in [6, 6.07) is 5.53. The second-order valence-corrected chi connectivity index (χ2v) is 4.43. The van der Waals surface area contributed by atoms with Crippen LogP contribution in [-0.4, -0.2) is 22.1 Å². The van der Waals surface area contributed by atoms with E-state index >= 15 is 0 Å². The fourth-order valence-corrected chi connectivity index (χ4v) is 1.78. The van der Waals surface area contributed by atoms with Crippen LogP contribution in [0.4, 0.5) is 17.6 Å². The van der Waals surface area contributed by atoms with E-state index in [4.69, 9.17) is 22.1 Å². The zero-order valence-electron chi connectivity index (χ0n) is 9.32. The summed E-state index contributed by atoms with van der Waals surface area (Å²) in [7, 11) is 1.45. The number of ether oxygens (including phenoxy) is 1. The molecule has 1 aromatic carbocycles. The zero-order chi connectivity index (χ0) is 13.1. The van der Waals surface area contributed by atoms with Crippen molar-refractivity contribution in [2.24, 2.45) is 0 Å². The first-order chi connectivity index (χ1) is 8.60. The maximum Gasteiger partial charge on any atom is 0.322 e. The topological polar surface area (TPSA) is 86.0 Å². The minimum Gasteiger partial charge on any atom is -0.467 e. The van der Waals surface area contributed by atoms with Crippen LogP contribution in [0.15, 0.2) is 22.7 Å². The van der Waals surface area contributed by atoms with Crippen LogP contribution in [0.1, 0.15) is 0 Å². The molecule has 1 heterocycles. The lowest BCUT2D eigenvalue weighted by Crippen LogP contribution is -2.05. The Labute approximate surface area is 117 Å². The molecule has 0 aliphatic rings. The normalized spacial score (nSPS) is 10.2. The van der Waals surface area contributed by atoms with E-state index in [2.05, 4.69) is 36.2 Å². The molecule has 0 atom stereocenters. The number of halogens is 2. The van der Waals surface area contributed by atoms with Crippen molar-refractivity contribution in [3.05, 3.63) is 27.7 Å². The highest BCUT2D eigenvalue weighted by molar-refractivity contribution is 9.10.